The lowest BCUT2D eigenvalue weighted by Crippen LogP contribution is -2.51. The van der Waals surface area contributed by atoms with Crippen molar-refractivity contribution in [1.29, 1.82) is 0 Å². The Kier molecular flexibility index (Phi) is 7.39. The molecule has 0 unspecified atom stereocenters. The summed E-state index contributed by atoms with van der Waals surface area (Å²) in [7, 11) is 1.70. The first-order chi connectivity index (χ1) is 15.5. The van der Waals surface area contributed by atoms with Gasteiger partial charge in [-0.05, 0) is 98.2 Å². The molecule has 0 aromatic carbocycles. The Morgan fingerprint density at radius 1 is 1.06 bits per heavy atom. The van der Waals surface area contributed by atoms with Gasteiger partial charge in [-0.15, -0.1) is 0 Å². The minimum absolute atomic E-state index is 0.0472. The Hall–Kier alpha value is -0.480. The highest BCUT2D eigenvalue weighted by Gasteiger charge is 2.59. The van der Waals surface area contributed by atoms with E-state index in [1.165, 1.54) is 38.5 Å². The van der Waals surface area contributed by atoms with Gasteiger partial charge in [-0.3, -0.25) is 0 Å². The zero-order valence-corrected chi connectivity index (χ0v) is 22.0. The van der Waals surface area contributed by atoms with E-state index in [9.17, 15) is 8.78 Å². The van der Waals surface area contributed by atoms with Crippen LogP contribution in [0.3, 0.4) is 0 Å². The fourth-order valence-corrected chi connectivity index (χ4v) is 8.82. The highest BCUT2D eigenvalue weighted by molar-refractivity contribution is 5.25. The van der Waals surface area contributed by atoms with Gasteiger partial charge in [-0.2, -0.15) is 0 Å². The molecule has 0 bridgehead atoms. The van der Waals surface area contributed by atoms with Crippen LogP contribution in [0.25, 0.3) is 0 Å². The zero-order valence-electron chi connectivity index (χ0n) is 22.0. The molecular formula is C29H48F2O2. The van der Waals surface area contributed by atoms with Gasteiger partial charge >= 0.3 is 0 Å². The van der Waals surface area contributed by atoms with Crippen LogP contribution in [0.4, 0.5) is 8.78 Å². The van der Waals surface area contributed by atoms with E-state index in [0.717, 1.165) is 30.6 Å². The number of halogens is 2. The lowest BCUT2D eigenvalue weighted by Gasteiger charge is -2.58. The topological polar surface area (TPSA) is 18.5 Å². The van der Waals surface area contributed by atoms with Crippen LogP contribution < -0.4 is 0 Å². The maximum atomic E-state index is 14.3. The van der Waals surface area contributed by atoms with Crippen LogP contribution in [0.1, 0.15) is 98.8 Å². The second-order valence-electron chi connectivity index (χ2n) is 12.9. The summed E-state index contributed by atoms with van der Waals surface area (Å²) in [6, 6.07) is 0. The molecule has 0 radical (unpaired) electrons. The molecule has 0 heterocycles. The molecule has 0 N–H and O–H groups in total. The molecule has 0 spiro atoms. The van der Waals surface area contributed by atoms with E-state index in [1.807, 2.05) is 0 Å². The van der Waals surface area contributed by atoms with Crippen molar-refractivity contribution in [2.45, 2.75) is 111 Å². The maximum Gasteiger partial charge on any atom is 0.250 e. The van der Waals surface area contributed by atoms with Crippen molar-refractivity contribution in [1.82, 2.24) is 0 Å². The second-order valence-corrected chi connectivity index (χ2v) is 12.9. The summed E-state index contributed by atoms with van der Waals surface area (Å²) >= 11 is 0. The van der Waals surface area contributed by atoms with Crippen molar-refractivity contribution in [3.05, 3.63) is 11.6 Å². The van der Waals surface area contributed by atoms with Gasteiger partial charge in [-0.1, -0.05) is 46.3 Å². The van der Waals surface area contributed by atoms with Gasteiger partial charge in [0.15, 0.2) is 0 Å². The molecule has 8 atom stereocenters. The third-order valence-corrected chi connectivity index (χ3v) is 11.0. The van der Waals surface area contributed by atoms with E-state index >= 15 is 0 Å². The van der Waals surface area contributed by atoms with Gasteiger partial charge in [0, 0.05) is 19.4 Å². The second kappa shape index (κ2) is 9.52. The number of ether oxygens (including phenoxy) is 2. The molecule has 3 saturated carbocycles. The number of hydrogen-bond donors (Lipinski definition) is 0. The van der Waals surface area contributed by atoms with Crippen LogP contribution in [-0.4, -0.2) is 25.9 Å². The number of allylic oxidation sites excluding steroid dienone is 1. The minimum Gasteiger partial charge on any atom is -0.359 e. The highest BCUT2D eigenvalue weighted by Crippen LogP contribution is 2.67. The van der Waals surface area contributed by atoms with Crippen LogP contribution in [0.5, 0.6) is 0 Å². The Balaban J connectivity index is 1.45. The Morgan fingerprint density at radius 2 is 1.82 bits per heavy atom. The van der Waals surface area contributed by atoms with E-state index in [0.29, 0.717) is 42.0 Å². The molecule has 4 rings (SSSR count). The third-order valence-electron chi connectivity index (χ3n) is 11.0. The normalized spacial score (nSPS) is 41.8. The molecule has 3 fully saturated rings. The van der Waals surface area contributed by atoms with E-state index in [2.05, 4.69) is 26.8 Å². The predicted octanol–water partition coefficient (Wildman–Crippen LogP) is 8.26. The lowest BCUT2D eigenvalue weighted by atomic mass is 9.47. The van der Waals surface area contributed by atoms with Crippen molar-refractivity contribution in [2.24, 2.45) is 46.3 Å². The van der Waals surface area contributed by atoms with Gasteiger partial charge < -0.3 is 9.47 Å². The summed E-state index contributed by atoms with van der Waals surface area (Å²) in [5.41, 5.74) is 2.28. The van der Waals surface area contributed by atoms with Gasteiger partial charge in [0.2, 0.25) is 5.92 Å². The Labute approximate surface area is 201 Å². The summed E-state index contributed by atoms with van der Waals surface area (Å²) < 4.78 is 39.7. The molecule has 0 aromatic heterocycles. The minimum atomic E-state index is -2.53. The Bertz CT molecular complexity index is 718. The molecule has 0 amide bonds. The maximum absolute atomic E-state index is 14.3. The van der Waals surface area contributed by atoms with E-state index in [-0.39, 0.29) is 6.42 Å². The largest absolute Gasteiger partial charge is 0.359 e. The molecule has 4 heteroatoms. The predicted molar refractivity (Wildman–Crippen MR) is 130 cm³/mol. The van der Waals surface area contributed by atoms with Crippen molar-refractivity contribution in [3.63, 3.8) is 0 Å². The first-order valence-electron chi connectivity index (χ1n) is 13.7. The molecule has 4 aliphatic carbocycles. The van der Waals surface area contributed by atoms with Crippen LogP contribution >= 0.6 is 0 Å². The lowest BCUT2D eigenvalue weighted by molar-refractivity contribution is -0.0992. The highest BCUT2D eigenvalue weighted by atomic mass is 19.3. The standard InChI is InChI=1S/C29H48F2O2/c1-19(2)29(30,31)16-11-20(3)24-9-10-25-23-8-7-21-17-22(33-18-32-6)12-14-27(21,4)26(23)13-15-28(24,25)5/h7,19-20,22-26H,8-18H2,1-6H3/t20-,22+,23+,24-,25+,26+,27+,28-/m1/s1. The SMILES string of the molecule is COCO[C@H]1CC[C@@]2(C)C(=CC[C@H]3[C@@H]4CC[C@H]([C@H](C)CCC(F)(F)C(C)C)[C@@]4(C)CC[C@@H]32)C1. The van der Waals surface area contributed by atoms with Crippen LogP contribution in [0, 0.1) is 46.3 Å². The van der Waals surface area contributed by atoms with Gasteiger partial charge in [0.1, 0.15) is 6.79 Å². The summed E-state index contributed by atoms with van der Waals surface area (Å²) in [4.78, 5) is 0. The molecule has 4 aliphatic rings. The summed E-state index contributed by atoms with van der Waals surface area (Å²) in [6.45, 7) is 11.0. The quantitative estimate of drug-likeness (QED) is 0.265. The molecule has 0 aliphatic heterocycles. The van der Waals surface area contributed by atoms with E-state index in [4.69, 9.17) is 9.47 Å². The third kappa shape index (κ3) is 4.57. The van der Waals surface area contributed by atoms with Gasteiger partial charge in [0.05, 0.1) is 6.10 Å². The first kappa shape index (κ1) is 25.6. The number of methoxy groups -OCH3 is 1. The summed E-state index contributed by atoms with van der Waals surface area (Å²) in [5.74, 6) is 0.192. The number of fused-ring (bicyclic) bond motifs is 5. The zero-order chi connectivity index (χ0) is 24.0. The van der Waals surface area contributed by atoms with Crippen molar-refractivity contribution >= 4 is 0 Å². The Morgan fingerprint density at radius 3 is 2.52 bits per heavy atom. The number of rotatable bonds is 8. The molecule has 33 heavy (non-hydrogen) atoms. The number of hydrogen-bond acceptors (Lipinski definition) is 2. The monoisotopic (exact) mass is 466 g/mol. The van der Waals surface area contributed by atoms with Crippen LogP contribution in [0.2, 0.25) is 0 Å². The van der Waals surface area contributed by atoms with Gasteiger partial charge in [-0.25, -0.2) is 8.78 Å². The summed E-state index contributed by atoms with van der Waals surface area (Å²) in [6.07, 6.45) is 13.3. The van der Waals surface area contributed by atoms with Crippen molar-refractivity contribution in [3.8, 4) is 0 Å². The molecule has 2 nitrogen and oxygen atoms in total. The molecule has 0 saturated heterocycles. The average Bonchev–Trinajstić information content (AvgIpc) is 3.13. The van der Waals surface area contributed by atoms with Gasteiger partial charge in [0.25, 0.3) is 0 Å². The fraction of sp³-hybridized carbons (Fsp3) is 0.931. The smallest absolute Gasteiger partial charge is 0.250 e. The van der Waals surface area contributed by atoms with E-state index in [1.54, 1.807) is 26.5 Å². The number of alkyl halides is 2. The van der Waals surface area contributed by atoms with Crippen molar-refractivity contribution in [2.75, 3.05) is 13.9 Å². The first-order valence-corrected chi connectivity index (χ1v) is 13.7. The van der Waals surface area contributed by atoms with Crippen LogP contribution in [-0.2, 0) is 9.47 Å². The van der Waals surface area contributed by atoms with E-state index < -0.39 is 11.8 Å². The molecule has 0 aromatic rings. The fourth-order valence-electron chi connectivity index (χ4n) is 8.82. The van der Waals surface area contributed by atoms with Crippen LogP contribution in [0.15, 0.2) is 11.6 Å². The molecular weight excluding hydrogens is 418 g/mol. The van der Waals surface area contributed by atoms with Crippen molar-refractivity contribution < 1.29 is 18.3 Å². The molecule has 190 valence electrons. The average molecular weight is 467 g/mol. The summed E-state index contributed by atoms with van der Waals surface area (Å²) in [5, 5.41) is 0.